The molecule has 0 radical (unpaired) electrons. The number of ketones is 1. The van der Waals surface area contributed by atoms with Crippen LogP contribution in [0.2, 0.25) is 5.02 Å². The quantitative estimate of drug-likeness (QED) is 0.138. The number of nitro benzene ring substituents is 1. The van der Waals surface area contributed by atoms with Gasteiger partial charge in [0, 0.05) is 35.7 Å². The van der Waals surface area contributed by atoms with E-state index in [1.165, 1.54) is 53.4 Å². The largest absolute Gasteiger partial charge is 0.507 e. The van der Waals surface area contributed by atoms with Crippen LogP contribution in [-0.2, 0) is 14.4 Å². The monoisotopic (exact) mass is 472 g/mol. The van der Waals surface area contributed by atoms with Gasteiger partial charge in [0.1, 0.15) is 5.76 Å². The molecule has 2 aromatic carbocycles. The maximum absolute atomic E-state index is 12.9. The van der Waals surface area contributed by atoms with E-state index in [2.05, 4.69) is 0 Å². The molecule has 1 atom stereocenters. The molecule has 9 nitrogen and oxygen atoms in total. The molecule has 1 aliphatic heterocycles. The molecule has 2 aromatic rings. The Morgan fingerprint density at radius 2 is 1.64 bits per heavy atom. The van der Waals surface area contributed by atoms with Crippen LogP contribution in [0.15, 0.2) is 54.1 Å². The molecule has 0 bridgehead atoms. The van der Waals surface area contributed by atoms with Crippen molar-refractivity contribution in [3.8, 4) is 0 Å². The van der Waals surface area contributed by atoms with Crippen LogP contribution in [0, 0.1) is 10.1 Å². The van der Waals surface area contributed by atoms with Crippen molar-refractivity contribution in [2.24, 2.45) is 0 Å². The molecule has 0 spiro atoms. The number of rotatable bonds is 9. The van der Waals surface area contributed by atoms with Crippen molar-refractivity contribution in [2.45, 2.75) is 31.7 Å². The van der Waals surface area contributed by atoms with Gasteiger partial charge in [-0.1, -0.05) is 18.0 Å². The van der Waals surface area contributed by atoms with Gasteiger partial charge in [0.2, 0.25) is 0 Å². The highest BCUT2D eigenvalue weighted by atomic mass is 35.5. The zero-order chi connectivity index (χ0) is 24.1. The molecular formula is C23H21ClN2O7. The number of carbonyl (C=O) groups is 3. The molecule has 1 fully saturated rings. The average Bonchev–Trinajstić information content (AvgIpc) is 3.03. The van der Waals surface area contributed by atoms with Gasteiger partial charge in [0.25, 0.3) is 17.4 Å². The van der Waals surface area contributed by atoms with Gasteiger partial charge in [-0.3, -0.25) is 24.5 Å². The molecule has 172 valence electrons. The standard InChI is InChI=1S/C23H21ClN2O7/c24-16-9-5-15(6-10-16)21(29)19-20(14-7-11-17(12-8-14)26(32)33)25(23(31)22(19)30)13-3-1-2-4-18(27)28/h5-12,20,29H,1-4,13H2,(H,27,28)/t20-/m0/s1. The van der Waals surface area contributed by atoms with Crippen molar-refractivity contribution in [3.05, 3.63) is 80.4 Å². The summed E-state index contributed by atoms with van der Waals surface area (Å²) < 4.78 is 0. The summed E-state index contributed by atoms with van der Waals surface area (Å²) >= 11 is 5.90. The molecule has 0 aliphatic carbocycles. The SMILES string of the molecule is O=C(O)CCCCCN1C(=O)C(=O)C(=C(O)c2ccc(Cl)cc2)[C@@H]1c1ccc([N+](=O)[O-])cc1. The normalized spacial score (nSPS) is 17.4. The van der Waals surface area contributed by atoms with Gasteiger partial charge in [-0.15, -0.1) is 0 Å². The van der Waals surface area contributed by atoms with E-state index < -0.39 is 28.6 Å². The lowest BCUT2D eigenvalue weighted by atomic mass is 9.95. The van der Waals surface area contributed by atoms with E-state index >= 15 is 0 Å². The molecule has 0 saturated carbocycles. The Balaban J connectivity index is 1.99. The molecule has 0 aromatic heterocycles. The summed E-state index contributed by atoms with van der Waals surface area (Å²) in [4.78, 5) is 48.2. The molecule has 33 heavy (non-hydrogen) atoms. The van der Waals surface area contributed by atoms with Gasteiger partial charge in [-0.2, -0.15) is 0 Å². The third-order valence-electron chi connectivity index (χ3n) is 5.37. The molecule has 2 N–H and O–H groups in total. The second-order valence-corrected chi connectivity index (χ2v) is 7.99. The van der Waals surface area contributed by atoms with Crippen LogP contribution in [0.3, 0.4) is 0 Å². The minimum absolute atomic E-state index is 0.00116. The Kier molecular flexibility index (Phi) is 7.44. The van der Waals surface area contributed by atoms with E-state index in [1.54, 1.807) is 0 Å². The third kappa shape index (κ3) is 5.38. The molecule has 1 heterocycles. The smallest absolute Gasteiger partial charge is 0.303 e. The Labute approximate surface area is 194 Å². The van der Waals surface area contributed by atoms with E-state index in [0.29, 0.717) is 35.4 Å². The highest BCUT2D eigenvalue weighted by Gasteiger charge is 2.45. The van der Waals surface area contributed by atoms with Crippen molar-refractivity contribution in [1.29, 1.82) is 0 Å². The summed E-state index contributed by atoms with van der Waals surface area (Å²) in [5.41, 5.74) is 0.454. The number of halogens is 1. The van der Waals surface area contributed by atoms with Crippen LogP contribution >= 0.6 is 11.6 Å². The Morgan fingerprint density at radius 1 is 1.00 bits per heavy atom. The fraction of sp³-hybridized carbons (Fsp3) is 0.261. The van der Waals surface area contributed by atoms with Crippen LogP contribution in [0.4, 0.5) is 5.69 Å². The zero-order valence-electron chi connectivity index (χ0n) is 17.4. The first-order valence-electron chi connectivity index (χ1n) is 10.2. The number of Topliss-reactive ketones (excluding diaryl/α,β-unsaturated/α-hetero) is 1. The number of unbranched alkanes of at least 4 members (excludes halogenated alkanes) is 2. The molecule has 3 rings (SSSR count). The Morgan fingerprint density at radius 3 is 2.21 bits per heavy atom. The minimum atomic E-state index is -0.944. The number of aliphatic carboxylic acids is 1. The molecule has 0 unspecified atom stereocenters. The first-order chi connectivity index (χ1) is 15.7. The Hall–Kier alpha value is -3.72. The third-order valence-corrected chi connectivity index (χ3v) is 5.62. The van der Waals surface area contributed by atoms with Crippen LogP contribution in [0.5, 0.6) is 0 Å². The van der Waals surface area contributed by atoms with Crippen molar-refractivity contribution >= 4 is 40.7 Å². The van der Waals surface area contributed by atoms with Crippen LogP contribution in [0.25, 0.3) is 5.76 Å². The summed E-state index contributed by atoms with van der Waals surface area (Å²) in [5, 5.41) is 31.2. The maximum atomic E-state index is 12.9. The number of hydrogen-bond donors (Lipinski definition) is 2. The van der Waals surface area contributed by atoms with Gasteiger partial charge in [-0.05, 0) is 54.8 Å². The fourth-order valence-electron chi connectivity index (χ4n) is 3.73. The first-order valence-corrected chi connectivity index (χ1v) is 10.6. The lowest BCUT2D eigenvalue weighted by molar-refractivity contribution is -0.384. The number of amides is 1. The number of hydrogen-bond acceptors (Lipinski definition) is 6. The topological polar surface area (TPSA) is 138 Å². The first kappa shape index (κ1) is 23.9. The number of non-ortho nitro benzene ring substituents is 1. The Bertz CT molecular complexity index is 1110. The van der Waals surface area contributed by atoms with Crippen molar-refractivity contribution in [1.82, 2.24) is 4.90 Å². The predicted octanol–water partition coefficient (Wildman–Crippen LogP) is 4.31. The van der Waals surface area contributed by atoms with Gasteiger partial charge < -0.3 is 15.1 Å². The molecule has 1 amide bonds. The number of carboxylic acids is 1. The zero-order valence-corrected chi connectivity index (χ0v) is 18.2. The number of carboxylic acid groups (broad SMARTS) is 1. The van der Waals surface area contributed by atoms with Gasteiger partial charge in [0.05, 0.1) is 16.5 Å². The van der Waals surface area contributed by atoms with Gasteiger partial charge in [0.15, 0.2) is 0 Å². The predicted molar refractivity (Wildman–Crippen MR) is 120 cm³/mol. The van der Waals surface area contributed by atoms with Crippen molar-refractivity contribution < 1.29 is 29.5 Å². The van der Waals surface area contributed by atoms with Crippen molar-refractivity contribution in [3.63, 3.8) is 0 Å². The summed E-state index contributed by atoms with van der Waals surface area (Å²) in [7, 11) is 0. The highest BCUT2D eigenvalue weighted by Crippen LogP contribution is 2.40. The van der Waals surface area contributed by atoms with E-state index in [4.69, 9.17) is 16.7 Å². The number of aliphatic hydroxyl groups excluding tert-OH is 1. The average molecular weight is 473 g/mol. The number of carbonyl (C=O) groups excluding carboxylic acids is 2. The van der Waals surface area contributed by atoms with Crippen LogP contribution in [-0.4, -0.2) is 44.2 Å². The van der Waals surface area contributed by atoms with Gasteiger partial charge >= 0.3 is 5.97 Å². The summed E-state index contributed by atoms with van der Waals surface area (Å²) in [6.07, 6.45) is 1.40. The molecule has 1 saturated heterocycles. The lowest BCUT2D eigenvalue weighted by Crippen LogP contribution is -2.30. The number of nitrogens with zero attached hydrogens (tertiary/aromatic N) is 2. The highest BCUT2D eigenvalue weighted by molar-refractivity contribution is 6.46. The number of nitro groups is 1. The number of aliphatic hydroxyl groups is 1. The van der Waals surface area contributed by atoms with E-state index in [-0.39, 0.29) is 30.0 Å². The minimum Gasteiger partial charge on any atom is -0.507 e. The summed E-state index contributed by atoms with van der Waals surface area (Å²) in [6, 6.07) is 10.6. The summed E-state index contributed by atoms with van der Waals surface area (Å²) in [5.74, 6) is -2.95. The van der Waals surface area contributed by atoms with E-state index in [0.717, 1.165) is 0 Å². The van der Waals surface area contributed by atoms with Crippen LogP contribution in [0.1, 0.15) is 42.9 Å². The number of likely N-dealkylation sites (tertiary alicyclic amines) is 1. The van der Waals surface area contributed by atoms with E-state index in [9.17, 15) is 29.6 Å². The van der Waals surface area contributed by atoms with Crippen LogP contribution < -0.4 is 0 Å². The second kappa shape index (κ2) is 10.3. The fourth-order valence-corrected chi connectivity index (χ4v) is 3.86. The van der Waals surface area contributed by atoms with Gasteiger partial charge in [-0.25, -0.2) is 0 Å². The number of benzene rings is 2. The second-order valence-electron chi connectivity index (χ2n) is 7.55. The summed E-state index contributed by atoms with van der Waals surface area (Å²) in [6.45, 7) is 0.156. The molecule has 10 heteroatoms. The lowest BCUT2D eigenvalue weighted by Gasteiger charge is -2.25. The van der Waals surface area contributed by atoms with Crippen molar-refractivity contribution in [2.75, 3.05) is 6.54 Å². The molecule has 1 aliphatic rings. The molecular weight excluding hydrogens is 452 g/mol. The maximum Gasteiger partial charge on any atom is 0.303 e. The van der Waals surface area contributed by atoms with E-state index in [1.807, 2.05) is 0 Å².